The minimum Gasteiger partial charge on any atom is -0.354 e. The van der Waals surface area contributed by atoms with Crippen LogP contribution in [0.25, 0.3) is 0 Å². The van der Waals surface area contributed by atoms with Gasteiger partial charge in [0.05, 0.1) is 10.7 Å². The Morgan fingerprint density at radius 2 is 1.55 bits per heavy atom. The number of hydrogen-bond acceptors (Lipinski definition) is 1. The molecule has 1 nitrogen and oxygen atoms in total. The number of hydrogen-bond donors (Lipinski definition) is 1. The highest BCUT2D eigenvalue weighted by Crippen LogP contribution is 2.31. The summed E-state index contributed by atoms with van der Waals surface area (Å²) in [5, 5.41) is 4.19. The molecule has 2 aromatic carbocycles. The van der Waals surface area contributed by atoms with Gasteiger partial charge in [0.25, 0.3) is 0 Å². The van der Waals surface area contributed by atoms with Crippen LogP contribution in [0.5, 0.6) is 0 Å². The van der Waals surface area contributed by atoms with Crippen LogP contribution < -0.4 is 5.32 Å². The smallest absolute Gasteiger partial charge is 0.0670 e. The molecule has 0 aliphatic rings. The molecular formula is C18H22ClN. The minimum atomic E-state index is 0.177. The lowest BCUT2D eigenvalue weighted by molar-refractivity contribution is 0.590. The Morgan fingerprint density at radius 3 is 2.10 bits per heavy atom. The van der Waals surface area contributed by atoms with Crippen molar-refractivity contribution in [3.05, 3.63) is 58.1 Å². The van der Waals surface area contributed by atoms with Crippen molar-refractivity contribution in [3.8, 4) is 0 Å². The van der Waals surface area contributed by atoms with E-state index < -0.39 is 0 Å². The maximum atomic E-state index is 6.36. The van der Waals surface area contributed by atoms with Crippen molar-refractivity contribution in [1.82, 2.24) is 0 Å². The molecule has 2 heteroatoms. The average Bonchev–Trinajstić information content (AvgIpc) is 2.35. The van der Waals surface area contributed by atoms with Gasteiger partial charge in [-0.05, 0) is 54.2 Å². The van der Waals surface area contributed by atoms with E-state index in [1.54, 1.807) is 0 Å². The monoisotopic (exact) mass is 287 g/mol. The molecule has 20 heavy (non-hydrogen) atoms. The van der Waals surface area contributed by atoms with Gasteiger partial charge in [0.15, 0.2) is 0 Å². The van der Waals surface area contributed by atoms with Crippen LogP contribution in [0, 0.1) is 13.8 Å². The summed E-state index contributed by atoms with van der Waals surface area (Å²) in [4.78, 5) is 0. The number of rotatable bonds is 2. The molecule has 0 fully saturated rings. The molecule has 0 aliphatic carbocycles. The number of halogens is 1. The summed E-state index contributed by atoms with van der Waals surface area (Å²) >= 11 is 6.36. The Hall–Kier alpha value is -1.47. The molecular weight excluding hydrogens is 266 g/mol. The Kier molecular flexibility index (Phi) is 4.10. The summed E-state index contributed by atoms with van der Waals surface area (Å²) in [7, 11) is 0. The molecule has 2 rings (SSSR count). The standard InChI is InChI=1S/C18H22ClN/c1-12-10-13(2)17(19)16(11-12)20-15-8-6-14(7-9-15)18(3,4)5/h6-11,20H,1-5H3. The minimum absolute atomic E-state index is 0.177. The van der Waals surface area contributed by atoms with Gasteiger partial charge in [-0.15, -0.1) is 0 Å². The van der Waals surface area contributed by atoms with Crippen LogP contribution in [-0.4, -0.2) is 0 Å². The van der Waals surface area contributed by atoms with Gasteiger partial charge in [0.2, 0.25) is 0 Å². The van der Waals surface area contributed by atoms with Gasteiger partial charge in [-0.3, -0.25) is 0 Å². The predicted molar refractivity (Wildman–Crippen MR) is 89.4 cm³/mol. The first-order chi connectivity index (χ1) is 9.27. The summed E-state index contributed by atoms with van der Waals surface area (Å²) in [6.45, 7) is 10.8. The molecule has 0 spiro atoms. The molecule has 0 atom stereocenters. The first kappa shape index (κ1) is 14.9. The second-order valence-electron chi connectivity index (χ2n) is 6.40. The van der Waals surface area contributed by atoms with Gasteiger partial charge < -0.3 is 5.32 Å². The number of benzene rings is 2. The summed E-state index contributed by atoms with van der Waals surface area (Å²) in [6, 6.07) is 12.7. The summed E-state index contributed by atoms with van der Waals surface area (Å²) in [5.41, 5.74) is 5.84. The topological polar surface area (TPSA) is 12.0 Å². The zero-order valence-electron chi connectivity index (χ0n) is 12.8. The first-order valence-corrected chi connectivity index (χ1v) is 7.29. The number of aryl methyl sites for hydroxylation is 2. The summed E-state index contributed by atoms with van der Waals surface area (Å²) in [6.07, 6.45) is 0. The van der Waals surface area contributed by atoms with E-state index in [2.05, 4.69) is 69.4 Å². The van der Waals surface area contributed by atoms with E-state index in [-0.39, 0.29) is 5.41 Å². The van der Waals surface area contributed by atoms with Crippen molar-refractivity contribution in [1.29, 1.82) is 0 Å². The second kappa shape index (κ2) is 5.49. The van der Waals surface area contributed by atoms with Crippen molar-refractivity contribution in [3.63, 3.8) is 0 Å². The van der Waals surface area contributed by atoms with Crippen LogP contribution in [0.15, 0.2) is 36.4 Å². The zero-order chi connectivity index (χ0) is 14.9. The third-order valence-corrected chi connectivity index (χ3v) is 3.93. The fourth-order valence-electron chi connectivity index (χ4n) is 2.25. The van der Waals surface area contributed by atoms with E-state index in [0.717, 1.165) is 22.0 Å². The average molecular weight is 288 g/mol. The third kappa shape index (κ3) is 3.34. The largest absolute Gasteiger partial charge is 0.354 e. The van der Waals surface area contributed by atoms with E-state index in [1.807, 2.05) is 6.92 Å². The number of anilines is 2. The molecule has 0 aromatic heterocycles. The Morgan fingerprint density at radius 1 is 0.950 bits per heavy atom. The molecule has 0 saturated heterocycles. The van der Waals surface area contributed by atoms with E-state index in [1.165, 1.54) is 11.1 Å². The Balaban J connectivity index is 2.27. The first-order valence-electron chi connectivity index (χ1n) is 6.92. The van der Waals surface area contributed by atoms with Crippen molar-refractivity contribution in [2.45, 2.75) is 40.0 Å². The van der Waals surface area contributed by atoms with E-state index in [4.69, 9.17) is 11.6 Å². The summed E-state index contributed by atoms with van der Waals surface area (Å²) in [5.74, 6) is 0. The molecule has 0 heterocycles. The highest BCUT2D eigenvalue weighted by Gasteiger charge is 2.13. The van der Waals surface area contributed by atoms with Crippen LogP contribution in [0.4, 0.5) is 11.4 Å². The van der Waals surface area contributed by atoms with E-state index in [9.17, 15) is 0 Å². The maximum Gasteiger partial charge on any atom is 0.0670 e. The molecule has 106 valence electrons. The van der Waals surface area contributed by atoms with Crippen LogP contribution in [0.2, 0.25) is 5.02 Å². The van der Waals surface area contributed by atoms with Gasteiger partial charge in [-0.1, -0.05) is 50.6 Å². The van der Waals surface area contributed by atoms with Crippen molar-refractivity contribution < 1.29 is 0 Å². The lowest BCUT2D eigenvalue weighted by atomic mass is 9.87. The quantitative estimate of drug-likeness (QED) is 0.714. The van der Waals surface area contributed by atoms with Gasteiger partial charge in [0.1, 0.15) is 0 Å². The SMILES string of the molecule is Cc1cc(C)c(Cl)c(Nc2ccc(C(C)(C)C)cc2)c1. The molecule has 0 saturated carbocycles. The van der Waals surface area contributed by atoms with Crippen LogP contribution >= 0.6 is 11.6 Å². The van der Waals surface area contributed by atoms with Crippen LogP contribution in [0.3, 0.4) is 0 Å². The van der Waals surface area contributed by atoms with Gasteiger partial charge in [0, 0.05) is 5.69 Å². The molecule has 0 aliphatic heterocycles. The molecule has 0 unspecified atom stereocenters. The highest BCUT2D eigenvalue weighted by molar-refractivity contribution is 6.34. The van der Waals surface area contributed by atoms with Crippen molar-refractivity contribution in [2.24, 2.45) is 0 Å². The molecule has 0 bridgehead atoms. The molecule has 2 aromatic rings. The molecule has 1 N–H and O–H groups in total. The molecule has 0 amide bonds. The van der Waals surface area contributed by atoms with E-state index >= 15 is 0 Å². The lowest BCUT2D eigenvalue weighted by Gasteiger charge is -2.19. The Bertz CT molecular complexity index is 607. The lowest BCUT2D eigenvalue weighted by Crippen LogP contribution is -2.10. The fourth-order valence-corrected chi connectivity index (χ4v) is 2.41. The van der Waals surface area contributed by atoms with E-state index in [0.29, 0.717) is 0 Å². The predicted octanol–water partition coefficient (Wildman–Crippen LogP) is 6.00. The fraction of sp³-hybridized carbons (Fsp3) is 0.333. The van der Waals surface area contributed by atoms with Gasteiger partial charge in [-0.25, -0.2) is 0 Å². The molecule has 0 radical (unpaired) electrons. The Labute approximate surface area is 127 Å². The van der Waals surface area contributed by atoms with Crippen LogP contribution in [-0.2, 0) is 5.41 Å². The third-order valence-electron chi connectivity index (χ3n) is 3.43. The van der Waals surface area contributed by atoms with Crippen LogP contribution in [0.1, 0.15) is 37.5 Å². The normalized spacial score (nSPS) is 11.5. The summed E-state index contributed by atoms with van der Waals surface area (Å²) < 4.78 is 0. The van der Waals surface area contributed by atoms with Gasteiger partial charge >= 0.3 is 0 Å². The van der Waals surface area contributed by atoms with Gasteiger partial charge in [-0.2, -0.15) is 0 Å². The number of nitrogens with one attached hydrogen (secondary N) is 1. The second-order valence-corrected chi connectivity index (χ2v) is 6.77. The van der Waals surface area contributed by atoms with Crippen molar-refractivity contribution >= 4 is 23.0 Å². The highest BCUT2D eigenvalue weighted by atomic mass is 35.5. The van der Waals surface area contributed by atoms with Crippen molar-refractivity contribution in [2.75, 3.05) is 5.32 Å². The maximum absolute atomic E-state index is 6.36. The zero-order valence-corrected chi connectivity index (χ0v) is 13.6.